The van der Waals surface area contributed by atoms with Crippen LogP contribution in [-0.4, -0.2) is 9.97 Å². The van der Waals surface area contributed by atoms with Crippen LogP contribution in [-0.2, 0) is 0 Å². The van der Waals surface area contributed by atoms with Crippen molar-refractivity contribution in [1.82, 2.24) is 9.97 Å². The van der Waals surface area contributed by atoms with Crippen LogP contribution in [0.2, 0.25) is 0 Å². The van der Waals surface area contributed by atoms with E-state index >= 15 is 0 Å². The molecule has 0 amide bonds. The molecule has 2 aromatic carbocycles. The van der Waals surface area contributed by atoms with E-state index in [-0.39, 0.29) is 0 Å². The molecule has 21 heavy (non-hydrogen) atoms. The third kappa shape index (κ3) is 2.28. The monoisotopic (exact) mass is 311 g/mol. The number of rotatable bonds is 2. The van der Waals surface area contributed by atoms with Crippen molar-refractivity contribution in [1.29, 1.82) is 0 Å². The summed E-state index contributed by atoms with van der Waals surface area (Å²) in [6.07, 6.45) is 0. The lowest BCUT2D eigenvalue weighted by molar-refractivity contribution is 1.23. The predicted molar refractivity (Wildman–Crippen MR) is 91.2 cm³/mol. The van der Waals surface area contributed by atoms with E-state index in [1.807, 2.05) is 25.1 Å². The van der Waals surface area contributed by atoms with E-state index in [0.29, 0.717) is 0 Å². The average molecular weight is 311 g/mol. The lowest BCUT2D eigenvalue weighted by Crippen LogP contribution is -1.88. The smallest absolute Gasteiger partial charge is 0.0907 e. The van der Waals surface area contributed by atoms with Crippen molar-refractivity contribution in [2.45, 2.75) is 16.8 Å². The Kier molecular flexibility index (Phi) is 2.90. The number of benzene rings is 2. The van der Waals surface area contributed by atoms with Gasteiger partial charge in [0.05, 0.1) is 20.3 Å². The molecule has 0 saturated heterocycles. The Morgan fingerprint density at radius 3 is 2.90 bits per heavy atom. The van der Waals surface area contributed by atoms with Gasteiger partial charge in [0.25, 0.3) is 0 Å². The maximum atomic E-state index is 6.18. The van der Waals surface area contributed by atoms with Gasteiger partial charge in [-0.15, -0.1) is 11.3 Å². The van der Waals surface area contributed by atoms with Gasteiger partial charge in [-0.05, 0) is 31.2 Å². The van der Waals surface area contributed by atoms with Crippen LogP contribution < -0.4 is 5.73 Å². The Morgan fingerprint density at radius 1 is 1.19 bits per heavy atom. The molecule has 4 rings (SSSR count). The molecule has 0 aliphatic carbocycles. The summed E-state index contributed by atoms with van der Waals surface area (Å²) in [7, 11) is 0. The number of aryl methyl sites for hydroxylation is 1. The molecule has 0 fully saturated rings. The molecule has 0 unspecified atom stereocenters. The molecule has 5 heteroatoms. The fourth-order valence-corrected chi connectivity index (χ4v) is 4.18. The maximum Gasteiger partial charge on any atom is 0.0907 e. The number of nitrogens with two attached hydrogens (primary N) is 1. The van der Waals surface area contributed by atoms with E-state index in [0.717, 1.165) is 36.3 Å². The minimum atomic E-state index is 0.801. The molecule has 0 aliphatic rings. The van der Waals surface area contributed by atoms with E-state index in [1.54, 1.807) is 23.1 Å². The summed E-state index contributed by atoms with van der Waals surface area (Å²) < 4.78 is 1.14. The molecule has 3 N–H and O–H groups in total. The van der Waals surface area contributed by atoms with E-state index in [4.69, 9.17) is 5.73 Å². The Morgan fingerprint density at radius 2 is 2.05 bits per heavy atom. The number of fused-ring (bicyclic) bond motifs is 2. The zero-order valence-corrected chi connectivity index (χ0v) is 13.0. The summed E-state index contributed by atoms with van der Waals surface area (Å²) in [6, 6.07) is 14.5. The molecule has 104 valence electrons. The van der Waals surface area contributed by atoms with Crippen LogP contribution in [0.5, 0.6) is 0 Å². The summed E-state index contributed by atoms with van der Waals surface area (Å²) in [5, 5.41) is 3.37. The van der Waals surface area contributed by atoms with Crippen LogP contribution in [0.3, 0.4) is 0 Å². The number of nitrogen functional groups attached to an aromatic ring is 1. The number of H-pyrrole nitrogens is 1. The van der Waals surface area contributed by atoms with Crippen LogP contribution in [0, 0.1) is 6.92 Å². The van der Waals surface area contributed by atoms with Crippen LogP contribution in [0.4, 0.5) is 5.69 Å². The molecule has 0 atom stereocenters. The van der Waals surface area contributed by atoms with Crippen LogP contribution >= 0.6 is 23.1 Å². The third-order valence-corrected chi connectivity index (χ3v) is 5.30. The number of hydrogen-bond donors (Lipinski definition) is 2. The first-order valence-electron chi connectivity index (χ1n) is 6.61. The highest BCUT2D eigenvalue weighted by Gasteiger charge is 2.09. The normalized spacial score (nSPS) is 11.5. The van der Waals surface area contributed by atoms with Crippen molar-refractivity contribution in [3.05, 3.63) is 47.5 Å². The van der Waals surface area contributed by atoms with Gasteiger partial charge in [-0.3, -0.25) is 0 Å². The molecular weight excluding hydrogens is 298 g/mol. The van der Waals surface area contributed by atoms with Crippen molar-refractivity contribution in [3.8, 4) is 0 Å². The summed E-state index contributed by atoms with van der Waals surface area (Å²) in [5.74, 6) is 0. The number of anilines is 1. The summed E-state index contributed by atoms with van der Waals surface area (Å²) in [5.41, 5.74) is 9.14. The van der Waals surface area contributed by atoms with Gasteiger partial charge >= 0.3 is 0 Å². The third-order valence-electron chi connectivity index (χ3n) is 3.35. The summed E-state index contributed by atoms with van der Waals surface area (Å²) in [6.45, 7) is 2.02. The van der Waals surface area contributed by atoms with E-state index in [1.165, 1.54) is 5.39 Å². The minimum absolute atomic E-state index is 0.801. The largest absolute Gasteiger partial charge is 0.398 e. The molecule has 4 aromatic rings. The Bertz CT molecular complexity index is 920. The number of aromatic amines is 1. The van der Waals surface area contributed by atoms with E-state index < -0.39 is 0 Å². The van der Waals surface area contributed by atoms with Crippen molar-refractivity contribution >= 4 is 49.9 Å². The number of nitrogens with zero attached hydrogens (tertiary/aromatic N) is 1. The van der Waals surface area contributed by atoms with Crippen molar-refractivity contribution < 1.29 is 0 Å². The quantitative estimate of drug-likeness (QED) is 0.522. The summed E-state index contributed by atoms with van der Waals surface area (Å²) >= 11 is 3.33. The fourth-order valence-electron chi connectivity index (χ4n) is 2.39. The minimum Gasteiger partial charge on any atom is -0.398 e. The molecule has 2 aromatic heterocycles. The molecule has 0 spiro atoms. The Labute approximate surface area is 130 Å². The molecular formula is C16H13N3S2. The summed E-state index contributed by atoms with van der Waals surface area (Å²) in [4.78, 5) is 8.99. The van der Waals surface area contributed by atoms with Crippen LogP contribution in [0.25, 0.3) is 21.1 Å². The van der Waals surface area contributed by atoms with Gasteiger partial charge in [0.2, 0.25) is 0 Å². The van der Waals surface area contributed by atoms with Gasteiger partial charge in [-0.25, -0.2) is 4.98 Å². The lowest BCUT2D eigenvalue weighted by atomic mass is 10.3. The first kappa shape index (κ1) is 12.7. The topological polar surface area (TPSA) is 54.7 Å². The first-order valence-corrected chi connectivity index (χ1v) is 8.24. The zero-order valence-electron chi connectivity index (χ0n) is 11.4. The molecule has 3 nitrogen and oxygen atoms in total. The number of nitrogens with one attached hydrogen (secondary N) is 1. The standard InChI is InChI=1S/C16H13N3S2/c1-9-18-13-8-14(11(17)7-15(13)20-9)21-16-6-10-4-2-3-5-12(10)19-16/h2-8,19H,17H2,1H3. The molecule has 2 heterocycles. The highest BCUT2D eigenvalue weighted by Crippen LogP contribution is 2.37. The second-order valence-corrected chi connectivity index (χ2v) is 7.23. The Hall–Kier alpha value is -1.98. The predicted octanol–water partition coefficient (Wildman–Crippen LogP) is 4.82. The Balaban J connectivity index is 1.77. The number of hydrogen-bond acceptors (Lipinski definition) is 4. The van der Waals surface area contributed by atoms with Gasteiger partial charge in [0.1, 0.15) is 0 Å². The first-order chi connectivity index (χ1) is 10.2. The molecule has 0 aliphatic heterocycles. The highest BCUT2D eigenvalue weighted by molar-refractivity contribution is 7.99. The molecule has 0 radical (unpaired) electrons. The van der Waals surface area contributed by atoms with Gasteiger partial charge in [-0.1, -0.05) is 30.0 Å². The highest BCUT2D eigenvalue weighted by atomic mass is 32.2. The maximum absolute atomic E-state index is 6.18. The number of thiazole rings is 1. The lowest BCUT2D eigenvalue weighted by Gasteiger charge is -2.03. The van der Waals surface area contributed by atoms with Crippen LogP contribution in [0.15, 0.2) is 52.4 Å². The van der Waals surface area contributed by atoms with Crippen LogP contribution in [0.1, 0.15) is 5.01 Å². The van der Waals surface area contributed by atoms with E-state index in [9.17, 15) is 0 Å². The van der Waals surface area contributed by atoms with Gasteiger partial charge in [0, 0.05) is 21.5 Å². The van der Waals surface area contributed by atoms with Crippen molar-refractivity contribution in [2.24, 2.45) is 0 Å². The van der Waals surface area contributed by atoms with Crippen molar-refractivity contribution in [3.63, 3.8) is 0 Å². The van der Waals surface area contributed by atoms with Gasteiger partial charge < -0.3 is 10.7 Å². The second kappa shape index (κ2) is 4.79. The fraction of sp³-hybridized carbons (Fsp3) is 0.0625. The number of aromatic nitrogens is 2. The molecule has 0 bridgehead atoms. The van der Waals surface area contributed by atoms with Gasteiger partial charge in [-0.2, -0.15) is 0 Å². The number of para-hydroxylation sites is 1. The average Bonchev–Trinajstić information content (AvgIpc) is 3.00. The SMILES string of the molecule is Cc1nc2cc(Sc3cc4ccccc4[nH]3)c(N)cc2s1. The van der Waals surface area contributed by atoms with Gasteiger partial charge in [0.15, 0.2) is 0 Å². The molecule has 0 saturated carbocycles. The second-order valence-electron chi connectivity index (χ2n) is 4.91. The van der Waals surface area contributed by atoms with Crippen molar-refractivity contribution in [2.75, 3.05) is 5.73 Å². The zero-order chi connectivity index (χ0) is 14.4. The van der Waals surface area contributed by atoms with E-state index in [2.05, 4.69) is 34.2 Å².